The third kappa shape index (κ3) is 1.18. The van der Waals surface area contributed by atoms with Crippen LogP contribution in [0.25, 0.3) is 0 Å². The Morgan fingerprint density at radius 3 is 2.83 bits per heavy atom. The average molecular weight is 168 g/mol. The van der Waals surface area contributed by atoms with E-state index in [1.54, 1.807) is 6.92 Å². The van der Waals surface area contributed by atoms with Crippen LogP contribution < -0.4 is 0 Å². The molecule has 0 radical (unpaired) electrons. The van der Waals surface area contributed by atoms with E-state index in [-0.39, 0.29) is 5.92 Å². The highest BCUT2D eigenvalue weighted by molar-refractivity contribution is 5.85. The van der Waals surface area contributed by atoms with Crippen molar-refractivity contribution in [2.24, 2.45) is 17.8 Å². The summed E-state index contributed by atoms with van der Waals surface area (Å²) in [6.45, 7) is 1.74. The molecule has 0 unspecified atom stereocenters. The predicted molar refractivity (Wildman–Crippen MR) is 45.6 cm³/mol. The van der Waals surface area contributed by atoms with Crippen LogP contribution in [0.5, 0.6) is 0 Å². The molecular weight excluding hydrogens is 152 g/mol. The summed E-state index contributed by atoms with van der Waals surface area (Å²) in [5.74, 6) is 1.31. The number of carbonyl (C=O) groups is 1. The maximum absolute atomic E-state index is 11.7. The molecule has 4 atom stereocenters. The molecule has 0 aromatic rings. The molecule has 2 aliphatic rings. The summed E-state index contributed by atoms with van der Waals surface area (Å²) in [5, 5.41) is 9.39. The predicted octanol–water partition coefficient (Wildman–Crippen LogP) is 1.37. The minimum Gasteiger partial charge on any atom is -0.393 e. The second kappa shape index (κ2) is 2.84. The monoisotopic (exact) mass is 168 g/mol. The molecule has 2 heteroatoms. The molecule has 0 heterocycles. The highest BCUT2D eigenvalue weighted by Gasteiger charge is 2.42. The van der Waals surface area contributed by atoms with Crippen molar-refractivity contribution in [3.8, 4) is 0 Å². The molecule has 2 rings (SSSR count). The van der Waals surface area contributed by atoms with Gasteiger partial charge < -0.3 is 5.11 Å². The van der Waals surface area contributed by atoms with Gasteiger partial charge in [0.25, 0.3) is 0 Å². The van der Waals surface area contributed by atoms with Crippen LogP contribution in [0.15, 0.2) is 0 Å². The highest BCUT2D eigenvalue weighted by atomic mass is 16.3. The second-order valence-electron chi connectivity index (χ2n) is 4.36. The van der Waals surface area contributed by atoms with Crippen LogP contribution in [-0.2, 0) is 4.79 Å². The van der Waals surface area contributed by atoms with Crippen LogP contribution in [0.4, 0.5) is 0 Å². The fourth-order valence-electron chi connectivity index (χ4n) is 2.76. The first-order valence-electron chi connectivity index (χ1n) is 4.90. The van der Waals surface area contributed by atoms with Gasteiger partial charge >= 0.3 is 0 Å². The summed E-state index contributed by atoms with van der Waals surface area (Å²) in [6.07, 6.45) is 3.89. The van der Waals surface area contributed by atoms with Gasteiger partial charge in [0.2, 0.25) is 0 Å². The number of ketones is 1. The van der Waals surface area contributed by atoms with Crippen molar-refractivity contribution >= 4 is 5.78 Å². The fraction of sp³-hybridized carbons (Fsp3) is 0.900. The third-order valence-electron chi connectivity index (χ3n) is 3.48. The summed E-state index contributed by atoms with van der Waals surface area (Å²) in [7, 11) is 0. The van der Waals surface area contributed by atoms with Gasteiger partial charge in [0.1, 0.15) is 5.78 Å². The number of hydrogen-bond donors (Lipinski definition) is 1. The molecule has 12 heavy (non-hydrogen) atoms. The Kier molecular flexibility index (Phi) is 1.95. The zero-order chi connectivity index (χ0) is 8.72. The lowest BCUT2D eigenvalue weighted by atomic mass is 9.77. The van der Waals surface area contributed by atoms with E-state index in [1.807, 2.05) is 0 Å². The van der Waals surface area contributed by atoms with Crippen molar-refractivity contribution in [2.75, 3.05) is 0 Å². The first-order valence-corrected chi connectivity index (χ1v) is 4.90. The molecule has 1 N–H and O–H groups in total. The summed E-state index contributed by atoms with van der Waals surface area (Å²) in [4.78, 5) is 11.7. The summed E-state index contributed by atoms with van der Waals surface area (Å²) in [5.41, 5.74) is 0. The first-order chi connectivity index (χ1) is 5.68. The Labute approximate surface area is 73.0 Å². The van der Waals surface area contributed by atoms with E-state index in [9.17, 15) is 9.90 Å². The van der Waals surface area contributed by atoms with Gasteiger partial charge in [-0.15, -0.1) is 0 Å². The van der Waals surface area contributed by atoms with Crippen LogP contribution >= 0.6 is 0 Å². The summed E-state index contributed by atoms with van der Waals surface area (Å²) < 4.78 is 0. The zero-order valence-corrected chi connectivity index (χ0v) is 7.49. The normalized spacial score (nSPS) is 43.2. The minimum absolute atomic E-state index is 0.0451. The third-order valence-corrected chi connectivity index (χ3v) is 3.48. The van der Waals surface area contributed by atoms with Gasteiger partial charge in [-0.3, -0.25) is 4.79 Å². The Balaban J connectivity index is 2.13. The largest absolute Gasteiger partial charge is 0.393 e. The summed E-state index contributed by atoms with van der Waals surface area (Å²) in [6, 6.07) is 0. The van der Waals surface area contributed by atoms with Crippen LogP contribution in [0.3, 0.4) is 0 Å². The van der Waals surface area contributed by atoms with Crippen molar-refractivity contribution in [3.63, 3.8) is 0 Å². The van der Waals surface area contributed by atoms with Gasteiger partial charge in [-0.25, -0.2) is 0 Å². The van der Waals surface area contributed by atoms with Gasteiger partial charge in [-0.2, -0.15) is 0 Å². The van der Waals surface area contributed by atoms with Gasteiger partial charge in [-0.05, 0) is 38.5 Å². The van der Waals surface area contributed by atoms with Crippen molar-refractivity contribution in [3.05, 3.63) is 0 Å². The number of rotatable bonds is 1. The molecule has 2 aliphatic carbocycles. The van der Waals surface area contributed by atoms with E-state index in [0.29, 0.717) is 11.7 Å². The van der Waals surface area contributed by atoms with Crippen molar-refractivity contribution in [1.29, 1.82) is 0 Å². The number of aliphatic hydroxyl groups is 1. The Hall–Kier alpha value is -0.370. The van der Waals surface area contributed by atoms with Crippen molar-refractivity contribution in [1.82, 2.24) is 0 Å². The SMILES string of the molecule is C[C@H](O)[C@H]1C[C@H]2CC[C@H](C2)C1=O. The van der Waals surface area contributed by atoms with Crippen LogP contribution in [0.2, 0.25) is 0 Å². The number of hydrogen-bond acceptors (Lipinski definition) is 2. The molecule has 0 saturated heterocycles. The molecule has 0 aromatic heterocycles. The van der Waals surface area contributed by atoms with Crippen LogP contribution in [0.1, 0.15) is 32.6 Å². The van der Waals surface area contributed by atoms with Gasteiger partial charge in [-0.1, -0.05) is 0 Å². The van der Waals surface area contributed by atoms with Gasteiger partial charge in [0, 0.05) is 11.8 Å². The fourth-order valence-corrected chi connectivity index (χ4v) is 2.76. The average Bonchev–Trinajstić information content (AvgIpc) is 2.41. The molecule has 2 saturated carbocycles. The van der Waals surface area contributed by atoms with Gasteiger partial charge in [0.15, 0.2) is 0 Å². The Morgan fingerprint density at radius 1 is 1.42 bits per heavy atom. The topological polar surface area (TPSA) is 37.3 Å². The maximum Gasteiger partial charge on any atom is 0.141 e. The Morgan fingerprint density at radius 2 is 2.17 bits per heavy atom. The number of aliphatic hydroxyl groups excluding tert-OH is 1. The Bertz CT molecular complexity index is 198. The van der Waals surface area contributed by atoms with E-state index in [4.69, 9.17) is 0 Å². The quantitative estimate of drug-likeness (QED) is 0.642. The van der Waals surface area contributed by atoms with E-state index in [1.165, 1.54) is 6.42 Å². The molecule has 0 amide bonds. The number of fused-ring (bicyclic) bond motifs is 2. The van der Waals surface area contributed by atoms with Gasteiger partial charge in [0.05, 0.1) is 6.10 Å². The molecule has 0 spiro atoms. The van der Waals surface area contributed by atoms with Crippen LogP contribution in [0, 0.1) is 17.8 Å². The smallest absolute Gasteiger partial charge is 0.141 e. The molecular formula is C10H16O2. The number of carbonyl (C=O) groups excluding carboxylic acids is 1. The molecule has 2 fully saturated rings. The van der Waals surface area contributed by atoms with E-state index < -0.39 is 6.10 Å². The molecule has 0 aromatic carbocycles. The molecule has 68 valence electrons. The van der Waals surface area contributed by atoms with Crippen molar-refractivity contribution < 1.29 is 9.90 Å². The van der Waals surface area contributed by atoms with Crippen molar-refractivity contribution in [2.45, 2.75) is 38.7 Å². The summed E-state index contributed by atoms with van der Waals surface area (Å²) >= 11 is 0. The van der Waals surface area contributed by atoms with E-state index in [0.717, 1.165) is 25.2 Å². The lowest BCUT2D eigenvalue weighted by molar-refractivity contribution is -0.132. The second-order valence-corrected chi connectivity index (χ2v) is 4.36. The molecule has 2 nitrogen and oxygen atoms in total. The van der Waals surface area contributed by atoms with E-state index in [2.05, 4.69) is 0 Å². The zero-order valence-electron chi connectivity index (χ0n) is 7.49. The van der Waals surface area contributed by atoms with E-state index >= 15 is 0 Å². The lowest BCUT2D eigenvalue weighted by Gasteiger charge is -2.28. The standard InChI is InChI=1S/C10H16O2/c1-6(11)9-5-7-2-3-8(4-7)10(9)12/h6-9,11H,2-5H2,1H3/t6-,7-,8+,9+/m0/s1. The maximum atomic E-state index is 11.7. The molecule has 2 bridgehead atoms. The lowest BCUT2D eigenvalue weighted by Crippen LogP contribution is -2.34. The van der Waals surface area contributed by atoms with Crippen LogP contribution in [-0.4, -0.2) is 17.0 Å². The highest BCUT2D eigenvalue weighted by Crippen LogP contribution is 2.43. The molecule has 0 aliphatic heterocycles. The first kappa shape index (κ1) is 8.24. The minimum atomic E-state index is -0.430. The number of Topliss-reactive ketones (excluding diaryl/α,β-unsaturated/α-hetero) is 1.